The van der Waals surface area contributed by atoms with E-state index in [1.807, 2.05) is 31.2 Å². The van der Waals surface area contributed by atoms with Crippen LogP contribution >= 0.6 is 0 Å². The Morgan fingerprint density at radius 2 is 2.14 bits per heavy atom. The van der Waals surface area contributed by atoms with E-state index in [0.29, 0.717) is 30.9 Å². The molecule has 4 rings (SSSR count). The van der Waals surface area contributed by atoms with Crippen LogP contribution in [0.3, 0.4) is 0 Å². The molecule has 1 fully saturated rings. The lowest BCUT2D eigenvalue weighted by atomic mass is 9.93. The first-order valence-electron chi connectivity index (χ1n) is 9.81. The maximum Gasteiger partial charge on any atom is 0.303 e. The SMILES string of the molecule is Cc1c(C(=O)N2CCCC(CCC(=O)O)C2)nnn1-c1cccc2cnccc12. The minimum absolute atomic E-state index is 0.137. The quantitative estimate of drug-likeness (QED) is 0.715. The van der Waals surface area contributed by atoms with E-state index >= 15 is 0 Å². The number of nitrogens with zero attached hydrogens (tertiary/aromatic N) is 5. The van der Waals surface area contributed by atoms with Gasteiger partial charge in [0.1, 0.15) is 0 Å². The number of hydrogen-bond donors (Lipinski definition) is 1. The van der Waals surface area contributed by atoms with Crippen LogP contribution in [-0.2, 0) is 4.79 Å². The number of hydrogen-bond acceptors (Lipinski definition) is 5. The molecule has 1 aliphatic heterocycles. The van der Waals surface area contributed by atoms with Crippen LogP contribution in [0, 0.1) is 12.8 Å². The largest absolute Gasteiger partial charge is 0.481 e. The number of carboxylic acids is 1. The van der Waals surface area contributed by atoms with Crippen molar-refractivity contribution >= 4 is 22.6 Å². The van der Waals surface area contributed by atoms with E-state index in [4.69, 9.17) is 5.11 Å². The third-order valence-corrected chi connectivity index (χ3v) is 5.56. The lowest BCUT2D eigenvalue weighted by molar-refractivity contribution is -0.137. The van der Waals surface area contributed by atoms with Gasteiger partial charge in [-0.2, -0.15) is 0 Å². The van der Waals surface area contributed by atoms with E-state index in [0.717, 1.165) is 29.3 Å². The number of benzene rings is 1. The Kier molecular flexibility index (Phi) is 5.24. The highest BCUT2D eigenvalue weighted by Crippen LogP contribution is 2.25. The van der Waals surface area contributed by atoms with Crippen molar-refractivity contribution in [1.29, 1.82) is 0 Å². The molecule has 0 aliphatic carbocycles. The minimum atomic E-state index is -0.794. The van der Waals surface area contributed by atoms with Crippen LogP contribution in [0.1, 0.15) is 41.9 Å². The lowest BCUT2D eigenvalue weighted by Crippen LogP contribution is -2.40. The van der Waals surface area contributed by atoms with Crippen LogP contribution in [0.5, 0.6) is 0 Å². The first-order chi connectivity index (χ1) is 14.0. The molecule has 1 amide bonds. The van der Waals surface area contributed by atoms with Crippen molar-refractivity contribution in [2.45, 2.75) is 32.6 Å². The molecule has 1 atom stereocenters. The van der Waals surface area contributed by atoms with Gasteiger partial charge in [-0.3, -0.25) is 14.6 Å². The van der Waals surface area contributed by atoms with E-state index in [1.54, 1.807) is 22.0 Å². The van der Waals surface area contributed by atoms with Gasteiger partial charge in [-0.1, -0.05) is 17.3 Å². The van der Waals surface area contributed by atoms with Crippen molar-refractivity contribution in [3.05, 3.63) is 48.0 Å². The molecule has 0 saturated carbocycles. The molecular weight excluding hydrogens is 370 g/mol. The molecule has 3 heterocycles. The fourth-order valence-corrected chi connectivity index (χ4v) is 4.01. The molecule has 0 radical (unpaired) electrons. The molecule has 1 saturated heterocycles. The Bertz CT molecular complexity index is 1060. The molecule has 1 N–H and O–H groups in total. The van der Waals surface area contributed by atoms with E-state index in [-0.39, 0.29) is 18.2 Å². The smallest absolute Gasteiger partial charge is 0.303 e. The van der Waals surface area contributed by atoms with E-state index < -0.39 is 5.97 Å². The molecule has 1 aliphatic rings. The summed E-state index contributed by atoms with van der Waals surface area (Å²) in [5.74, 6) is -0.724. The molecule has 150 valence electrons. The lowest BCUT2D eigenvalue weighted by Gasteiger charge is -2.32. The van der Waals surface area contributed by atoms with Crippen molar-refractivity contribution in [3.63, 3.8) is 0 Å². The van der Waals surface area contributed by atoms with Gasteiger partial charge in [-0.15, -0.1) is 5.10 Å². The molecule has 2 aromatic heterocycles. The highest BCUT2D eigenvalue weighted by Gasteiger charge is 2.28. The normalized spacial score (nSPS) is 16.9. The predicted molar refractivity (Wildman–Crippen MR) is 107 cm³/mol. The van der Waals surface area contributed by atoms with Crippen LogP contribution in [0.15, 0.2) is 36.7 Å². The molecule has 8 heteroatoms. The number of amides is 1. The number of likely N-dealkylation sites (tertiary alicyclic amines) is 1. The van der Waals surface area contributed by atoms with Crippen LogP contribution < -0.4 is 0 Å². The first-order valence-corrected chi connectivity index (χ1v) is 9.81. The Labute approximate surface area is 168 Å². The van der Waals surface area contributed by atoms with Gasteiger partial charge in [0.25, 0.3) is 5.91 Å². The number of carbonyl (C=O) groups excluding carboxylic acids is 1. The molecule has 8 nitrogen and oxygen atoms in total. The fraction of sp³-hybridized carbons (Fsp3) is 0.381. The van der Waals surface area contributed by atoms with Gasteiger partial charge < -0.3 is 10.0 Å². The topological polar surface area (TPSA) is 101 Å². The van der Waals surface area contributed by atoms with Gasteiger partial charge in [0.2, 0.25) is 0 Å². The molecule has 1 aromatic carbocycles. The highest BCUT2D eigenvalue weighted by molar-refractivity contribution is 5.94. The number of rotatable bonds is 5. The number of aromatic nitrogens is 4. The summed E-state index contributed by atoms with van der Waals surface area (Å²) < 4.78 is 1.70. The van der Waals surface area contributed by atoms with E-state index in [2.05, 4.69) is 15.3 Å². The minimum Gasteiger partial charge on any atom is -0.481 e. The fourth-order valence-electron chi connectivity index (χ4n) is 4.01. The molecular formula is C21H23N5O3. The van der Waals surface area contributed by atoms with Crippen LogP contribution in [0.25, 0.3) is 16.5 Å². The van der Waals surface area contributed by atoms with E-state index in [1.165, 1.54) is 0 Å². The summed E-state index contributed by atoms with van der Waals surface area (Å²) >= 11 is 0. The molecule has 29 heavy (non-hydrogen) atoms. The van der Waals surface area contributed by atoms with Crippen molar-refractivity contribution in [3.8, 4) is 5.69 Å². The standard InChI is InChI=1S/C21H23N5O3/c1-14-20(21(29)25-11-3-4-15(13-25)7-8-19(27)28)23-24-26(14)18-6-2-5-16-12-22-10-9-17(16)18/h2,5-6,9-10,12,15H,3-4,7-8,11,13H2,1H3,(H,27,28). The predicted octanol–water partition coefficient (Wildman–Crippen LogP) is 2.84. The number of carboxylic acid groups (broad SMARTS) is 1. The Hall–Kier alpha value is -3.29. The first kappa shape index (κ1) is 19.0. The van der Waals surface area contributed by atoms with Crippen molar-refractivity contribution in [2.24, 2.45) is 5.92 Å². The maximum absolute atomic E-state index is 13.1. The average Bonchev–Trinajstić information content (AvgIpc) is 3.12. The zero-order chi connectivity index (χ0) is 20.4. The average molecular weight is 393 g/mol. The van der Waals surface area contributed by atoms with Crippen LogP contribution in [0.2, 0.25) is 0 Å². The maximum atomic E-state index is 13.1. The highest BCUT2D eigenvalue weighted by atomic mass is 16.4. The third kappa shape index (κ3) is 3.83. The second-order valence-electron chi connectivity index (χ2n) is 7.50. The number of fused-ring (bicyclic) bond motifs is 1. The number of carbonyl (C=O) groups is 2. The molecule has 3 aromatic rings. The number of aliphatic carboxylic acids is 1. The van der Waals surface area contributed by atoms with Gasteiger partial charge in [-0.05, 0) is 44.2 Å². The summed E-state index contributed by atoms with van der Waals surface area (Å²) in [5.41, 5.74) is 1.88. The summed E-state index contributed by atoms with van der Waals surface area (Å²) in [6.07, 6.45) is 6.08. The second-order valence-corrected chi connectivity index (χ2v) is 7.50. The van der Waals surface area contributed by atoms with Crippen LogP contribution in [-0.4, -0.2) is 55.0 Å². The Morgan fingerprint density at radius 1 is 1.28 bits per heavy atom. The zero-order valence-corrected chi connectivity index (χ0v) is 16.3. The van der Waals surface area contributed by atoms with Gasteiger partial charge in [-0.25, -0.2) is 4.68 Å². The van der Waals surface area contributed by atoms with Crippen LogP contribution in [0.4, 0.5) is 0 Å². The van der Waals surface area contributed by atoms with Crippen molar-refractivity contribution < 1.29 is 14.7 Å². The molecule has 1 unspecified atom stereocenters. The van der Waals surface area contributed by atoms with Gasteiger partial charge in [0.05, 0.1) is 11.4 Å². The Balaban J connectivity index is 1.58. The van der Waals surface area contributed by atoms with Crippen molar-refractivity contribution in [1.82, 2.24) is 24.9 Å². The van der Waals surface area contributed by atoms with Gasteiger partial charge >= 0.3 is 5.97 Å². The van der Waals surface area contributed by atoms with Gasteiger partial charge in [0, 0.05) is 42.7 Å². The molecule has 0 spiro atoms. The summed E-state index contributed by atoms with van der Waals surface area (Å²) in [6.45, 7) is 3.08. The number of pyridine rings is 1. The summed E-state index contributed by atoms with van der Waals surface area (Å²) in [7, 11) is 0. The molecule has 0 bridgehead atoms. The Morgan fingerprint density at radius 3 is 2.97 bits per heavy atom. The van der Waals surface area contributed by atoms with E-state index in [9.17, 15) is 9.59 Å². The zero-order valence-electron chi connectivity index (χ0n) is 16.3. The summed E-state index contributed by atoms with van der Waals surface area (Å²) in [5, 5.41) is 19.3. The summed E-state index contributed by atoms with van der Waals surface area (Å²) in [4.78, 5) is 29.9. The second kappa shape index (κ2) is 7.98. The summed E-state index contributed by atoms with van der Waals surface area (Å²) in [6, 6.07) is 7.78. The van der Waals surface area contributed by atoms with Crippen molar-refractivity contribution in [2.75, 3.05) is 13.1 Å². The van der Waals surface area contributed by atoms with Gasteiger partial charge in [0.15, 0.2) is 5.69 Å². The monoisotopic (exact) mass is 393 g/mol. The number of piperidine rings is 1. The third-order valence-electron chi connectivity index (χ3n) is 5.56.